The Hall–Kier alpha value is -1.06. The number of hydrogen-bond donors (Lipinski definition) is 2. The van der Waals surface area contributed by atoms with E-state index in [1.165, 1.54) is 0 Å². The fraction of sp³-hybridized carbons (Fsp3) is 0.500. The molecule has 15 heavy (non-hydrogen) atoms. The molecule has 0 unspecified atom stereocenters. The van der Waals surface area contributed by atoms with Crippen LogP contribution < -0.4 is 16.2 Å². The number of benzene rings is 1. The van der Waals surface area contributed by atoms with Gasteiger partial charge in [0, 0.05) is 0 Å². The summed E-state index contributed by atoms with van der Waals surface area (Å²) in [5.41, 5.74) is 13.4. The van der Waals surface area contributed by atoms with Crippen molar-refractivity contribution in [2.75, 3.05) is 7.11 Å². The Morgan fingerprint density at radius 2 is 1.80 bits per heavy atom. The molecule has 0 saturated heterocycles. The SMILES string of the molecule is COc1ccc(C(N)N)cc1C(C)(C)C. The van der Waals surface area contributed by atoms with Gasteiger partial charge in [0.05, 0.1) is 13.3 Å². The van der Waals surface area contributed by atoms with Crippen molar-refractivity contribution in [3.63, 3.8) is 0 Å². The molecule has 3 nitrogen and oxygen atoms in total. The summed E-state index contributed by atoms with van der Waals surface area (Å²) >= 11 is 0. The van der Waals surface area contributed by atoms with Gasteiger partial charge in [-0.1, -0.05) is 26.8 Å². The lowest BCUT2D eigenvalue weighted by Gasteiger charge is -2.23. The Morgan fingerprint density at radius 3 is 2.20 bits per heavy atom. The van der Waals surface area contributed by atoms with Crippen LogP contribution in [0.25, 0.3) is 0 Å². The summed E-state index contributed by atoms with van der Waals surface area (Å²) in [5, 5.41) is 0. The van der Waals surface area contributed by atoms with Crippen molar-refractivity contribution >= 4 is 0 Å². The first kappa shape index (κ1) is 12.0. The zero-order valence-corrected chi connectivity index (χ0v) is 9.87. The van der Waals surface area contributed by atoms with E-state index >= 15 is 0 Å². The molecule has 0 atom stereocenters. The van der Waals surface area contributed by atoms with Crippen molar-refractivity contribution in [2.45, 2.75) is 32.4 Å². The lowest BCUT2D eigenvalue weighted by Crippen LogP contribution is -2.21. The van der Waals surface area contributed by atoms with Crippen LogP contribution in [0, 0.1) is 0 Å². The monoisotopic (exact) mass is 208 g/mol. The molecule has 4 N–H and O–H groups in total. The van der Waals surface area contributed by atoms with Crippen LogP contribution in [-0.2, 0) is 5.41 Å². The molecule has 0 spiro atoms. The zero-order valence-electron chi connectivity index (χ0n) is 9.87. The minimum Gasteiger partial charge on any atom is -0.496 e. The molecule has 1 aromatic rings. The first-order chi connectivity index (χ1) is 6.86. The highest BCUT2D eigenvalue weighted by molar-refractivity contribution is 5.42. The summed E-state index contributed by atoms with van der Waals surface area (Å²) in [6.07, 6.45) is -0.433. The molecule has 0 amide bonds. The van der Waals surface area contributed by atoms with Gasteiger partial charge >= 0.3 is 0 Å². The van der Waals surface area contributed by atoms with Crippen LogP contribution in [-0.4, -0.2) is 7.11 Å². The lowest BCUT2D eigenvalue weighted by atomic mass is 9.85. The highest BCUT2D eigenvalue weighted by Crippen LogP contribution is 2.32. The fourth-order valence-electron chi connectivity index (χ4n) is 1.52. The number of hydrogen-bond acceptors (Lipinski definition) is 3. The topological polar surface area (TPSA) is 61.3 Å². The Balaban J connectivity index is 3.26. The van der Waals surface area contributed by atoms with E-state index in [1.807, 2.05) is 18.2 Å². The normalized spacial score (nSPS) is 11.9. The van der Waals surface area contributed by atoms with E-state index < -0.39 is 6.17 Å². The molecule has 0 bridgehead atoms. The van der Waals surface area contributed by atoms with Crippen LogP contribution in [0.2, 0.25) is 0 Å². The Kier molecular flexibility index (Phi) is 3.37. The Bertz CT molecular complexity index is 340. The van der Waals surface area contributed by atoms with Gasteiger partial charge in [-0.25, -0.2) is 0 Å². The summed E-state index contributed by atoms with van der Waals surface area (Å²) < 4.78 is 5.32. The second kappa shape index (κ2) is 4.21. The van der Waals surface area contributed by atoms with Gasteiger partial charge in [-0.3, -0.25) is 0 Å². The molecule has 0 fully saturated rings. The fourth-order valence-corrected chi connectivity index (χ4v) is 1.52. The molecule has 0 aromatic heterocycles. The summed E-state index contributed by atoms with van der Waals surface area (Å²) in [6, 6.07) is 5.84. The van der Waals surface area contributed by atoms with Gasteiger partial charge in [0.15, 0.2) is 0 Å². The van der Waals surface area contributed by atoms with Crippen LogP contribution >= 0.6 is 0 Å². The first-order valence-corrected chi connectivity index (χ1v) is 5.06. The lowest BCUT2D eigenvalue weighted by molar-refractivity contribution is 0.397. The average molecular weight is 208 g/mol. The van der Waals surface area contributed by atoms with Crippen molar-refractivity contribution in [2.24, 2.45) is 11.5 Å². The minimum atomic E-state index is -0.433. The summed E-state index contributed by atoms with van der Waals surface area (Å²) in [7, 11) is 1.67. The summed E-state index contributed by atoms with van der Waals surface area (Å²) in [4.78, 5) is 0. The van der Waals surface area contributed by atoms with E-state index in [0.717, 1.165) is 16.9 Å². The van der Waals surface area contributed by atoms with Crippen LogP contribution in [0.1, 0.15) is 38.1 Å². The largest absolute Gasteiger partial charge is 0.496 e. The molecular formula is C12H20N2O. The van der Waals surface area contributed by atoms with Gasteiger partial charge in [0.2, 0.25) is 0 Å². The van der Waals surface area contributed by atoms with E-state index in [0.29, 0.717) is 0 Å². The van der Waals surface area contributed by atoms with Crippen molar-refractivity contribution in [3.8, 4) is 5.75 Å². The van der Waals surface area contributed by atoms with Gasteiger partial charge < -0.3 is 16.2 Å². The maximum atomic E-state index is 5.65. The van der Waals surface area contributed by atoms with E-state index in [1.54, 1.807) is 7.11 Å². The molecule has 0 saturated carbocycles. The second-order valence-electron chi connectivity index (χ2n) is 4.74. The van der Waals surface area contributed by atoms with E-state index in [4.69, 9.17) is 16.2 Å². The quantitative estimate of drug-likeness (QED) is 0.730. The zero-order chi connectivity index (χ0) is 11.6. The molecule has 84 valence electrons. The van der Waals surface area contributed by atoms with Gasteiger partial charge in [0.25, 0.3) is 0 Å². The molecule has 0 heterocycles. The standard InChI is InChI=1S/C12H20N2O/c1-12(2,3)9-7-8(11(13)14)5-6-10(9)15-4/h5-7,11H,13-14H2,1-4H3. The smallest absolute Gasteiger partial charge is 0.122 e. The van der Waals surface area contributed by atoms with Crippen LogP contribution in [0.5, 0.6) is 5.75 Å². The summed E-state index contributed by atoms with van der Waals surface area (Å²) in [5.74, 6) is 0.881. The van der Waals surface area contributed by atoms with Crippen molar-refractivity contribution in [1.29, 1.82) is 0 Å². The van der Waals surface area contributed by atoms with Gasteiger partial charge in [-0.15, -0.1) is 0 Å². The van der Waals surface area contributed by atoms with Crippen molar-refractivity contribution in [1.82, 2.24) is 0 Å². The average Bonchev–Trinajstić information content (AvgIpc) is 2.15. The van der Waals surface area contributed by atoms with E-state index in [2.05, 4.69) is 20.8 Å². The number of methoxy groups -OCH3 is 1. The van der Waals surface area contributed by atoms with Gasteiger partial charge in [-0.05, 0) is 28.7 Å². The summed E-state index contributed by atoms with van der Waals surface area (Å²) in [6.45, 7) is 6.41. The molecular weight excluding hydrogens is 188 g/mol. The maximum Gasteiger partial charge on any atom is 0.122 e. The molecule has 0 aliphatic rings. The Morgan fingerprint density at radius 1 is 1.20 bits per heavy atom. The van der Waals surface area contributed by atoms with Crippen LogP contribution in [0.15, 0.2) is 18.2 Å². The predicted molar refractivity (Wildman–Crippen MR) is 62.8 cm³/mol. The molecule has 0 aliphatic carbocycles. The van der Waals surface area contributed by atoms with Crippen LogP contribution in [0.4, 0.5) is 0 Å². The van der Waals surface area contributed by atoms with Crippen LogP contribution in [0.3, 0.4) is 0 Å². The third-order valence-electron chi connectivity index (χ3n) is 2.42. The number of ether oxygens (including phenoxy) is 1. The molecule has 1 rings (SSSR count). The van der Waals surface area contributed by atoms with E-state index in [9.17, 15) is 0 Å². The first-order valence-electron chi connectivity index (χ1n) is 5.06. The van der Waals surface area contributed by atoms with Gasteiger partial charge in [0.1, 0.15) is 5.75 Å². The highest BCUT2D eigenvalue weighted by Gasteiger charge is 2.19. The molecule has 3 heteroatoms. The third kappa shape index (κ3) is 2.70. The molecule has 0 radical (unpaired) electrons. The minimum absolute atomic E-state index is 0.0241. The second-order valence-corrected chi connectivity index (χ2v) is 4.74. The third-order valence-corrected chi connectivity index (χ3v) is 2.42. The predicted octanol–water partition coefficient (Wildman–Crippen LogP) is 1.91. The number of rotatable bonds is 2. The number of nitrogens with two attached hydrogens (primary N) is 2. The van der Waals surface area contributed by atoms with Crippen molar-refractivity contribution < 1.29 is 4.74 Å². The van der Waals surface area contributed by atoms with Gasteiger partial charge in [-0.2, -0.15) is 0 Å². The maximum absolute atomic E-state index is 5.65. The molecule has 1 aromatic carbocycles. The Labute approximate surface area is 91.4 Å². The van der Waals surface area contributed by atoms with Crippen molar-refractivity contribution in [3.05, 3.63) is 29.3 Å². The highest BCUT2D eigenvalue weighted by atomic mass is 16.5. The molecule has 0 aliphatic heterocycles. The van der Waals surface area contributed by atoms with E-state index in [-0.39, 0.29) is 5.41 Å².